The molecule has 0 radical (unpaired) electrons. The normalized spacial score (nSPS) is 19.3. The van der Waals surface area contributed by atoms with Crippen molar-refractivity contribution in [1.29, 1.82) is 0 Å². The topological polar surface area (TPSA) is 126 Å². The minimum Gasteiger partial charge on any atom is -0.355 e. The number of hydrogen-bond donors (Lipinski definition) is 2. The molecule has 2 aliphatic rings. The van der Waals surface area contributed by atoms with Gasteiger partial charge < -0.3 is 15.5 Å². The number of fused-ring (bicyclic) bond motifs is 2. The van der Waals surface area contributed by atoms with Gasteiger partial charge >= 0.3 is 6.18 Å². The maximum Gasteiger partial charge on any atom is 0.433 e. The van der Waals surface area contributed by atoms with E-state index in [4.69, 9.17) is 0 Å². The number of rotatable bonds is 14. The van der Waals surface area contributed by atoms with E-state index in [1.807, 2.05) is 32.1 Å². The van der Waals surface area contributed by atoms with E-state index in [-0.39, 0.29) is 42.7 Å². The van der Waals surface area contributed by atoms with Crippen LogP contribution in [0.15, 0.2) is 55.1 Å². The number of aryl methyl sites for hydroxylation is 1. The number of hydrogen-bond acceptors (Lipinski definition) is 6. The SMILES string of the molecule is C=CCCCC(=O)NC[C@@]12C[C@@H](C(=O)Nc3nc(C(F)(F)F)ccc3C)N(C(=O)Cn3nc(C(C)=O)c4cc(C=C(C)C)cc(CC=C)c43)[C@@H]1C2. The highest BCUT2D eigenvalue weighted by Gasteiger charge is 2.67. The number of anilines is 1. The van der Waals surface area contributed by atoms with Crippen molar-refractivity contribution in [2.75, 3.05) is 11.9 Å². The van der Waals surface area contributed by atoms with Gasteiger partial charge in [0, 0.05) is 36.7 Å². The molecule has 51 heavy (non-hydrogen) atoms. The molecule has 3 aromatic rings. The molecule has 2 fully saturated rings. The molecule has 1 saturated carbocycles. The van der Waals surface area contributed by atoms with Crippen molar-refractivity contribution < 1.29 is 32.3 Å². The number of pyridine rings is 1. The van der Waals surface area contributed by atoms with E-state index in [1.54, 1.807) is 12.2 Å². The molecule has 1 aromatic carbocycles. The quantitative estimate of drug-likeness (QED) is 0.111. The summed E-state index contributed by atoms with van der Waals surface area (Å²) >= 11 is 0. The fourth-order valence-corrected chi connectivity index (χ4v) is 6.99. The number of likely N-dealkylation sites (tertiary alicyclic amines) is 1. The van der Waals surface area contributed by atoms with Crippen molar-refractivity contribution in [3.8, 4) is 0 Å². The number of aromatic nitrogens is 3. The lowest BCUT2D eigenvalue weighted by atomic mass is 9.98. The zero-order chi connectivity index (χ0) is 37.2. The molecule has 2 N–H and O–H groups in total. The number of halogens is 3. The number of alkyl halides is 3. The van der Waals surface area contributed by atoms with Crippen molar-refractivity contribution in [2.45, 2.75) is 91.0 Å². The standard InChI is InChI=1S/C38H43F3N6O4/c1-7-9-10-12-31(49)42-21-37-18-28(36(51)44-35-23(5)13-14-29(43-35)38(39,40)41)47(30(37)19-37)32(50)20-46-34-26(11-8-2)16-25(15-22(3)4)17-27(34)33(45-46)24(6)48/h7-8,13-17,28,30H,1-2,9-12,18-21H2,3-6H3,(H,42,49)(H,43,44,51)/t28-,30+,37-/m0/s1. The summed E-state index contributed by atoms with van der Waals surface area (Å²) < 4.78 is 41.9. The summed E-state index contributed by atoms with van der Waals surface area (Å²) in [6, 6.07) is 4.42. The molecule has 3 amide bonds. The van der Waals surface area contributed by atoms with Crippen molar-refractivity contribution in [3.63, 3.8) is 0 Å². The van der Waals surface area contributed by atoms with Gasteiger partial charge in [0.05, 0.1) is 5.52 Å². The van der Waals surface area contributed by atoms with Gasteiger partial charge in [-0.2, -0.15) is 18.3 Å². The van der Waals surface area contributed by atoms with E-state index in [0.717, 1.165) is 22.8 Å². The zero-order valence-corrected chi connectivity index (χ0v) is 29.3. The van der Waals surface area contributed by atoms with Crippen molar-refractivity contribution >= 4 is 46.3 Å². The molecule has 10 nitrogen and oxygen atoms in total. The van der Waals surface area contributed by atoms with E-state index in [1.165, 1.54) is 29.5 Å². The molecule has 3 heterocycles. The van der Waals surface area contributed by atoms with Gasteiger partial charge in [-0.15, -0.1) is 13.2 Å². The molecule has 2 aromatic heterocycles. The number of piperidine rings is 1. The minimum absolute atomic E-state index is 0.159. The Morgan fingerprint density at radius 3 is 2.47 bits per heavy atom. The van der Waals surface area contributed by atoms with Crippen LogP contribution in [0, 0.1) is 12.3 Å². The monoisotopic (exact) mass is 704 g/mol. The molecule has 0 spiro atoms. The molecule has 1 aliphatic heterocycles. The highest BCUT2D eigenvalue weighted by atomic mass is 19.4. The van der Waals surface area contributed by atoms with Gasteiger partial charge in [-0.25, -0.2) is 4.98 Å². The van der Waals surface area contributed by atoms with Crippen LogP contribution in [0.2, 0.25) is 0 Å². The lowest BCUT2D eigenvalue weighted by molar-refractivity contribution is -0.141. The number of benzene rings is 1. The summed E-state index contributed by atoms with van der Waals surface area (Å²) in [4.78, 5) is 58.7. The van der Waals surface area contributed by atoms with Gasteiger partial charge in [0.2, 0.25) is 17.7 Å². The van der Waals surface area contributed by atoms with E-state index in [9.17, 15) is 32.3 Å². The Balaban J connectivity index is 1.49. The Labute approximate surface area is 294 Å². The summed E-state index contributed by atoms with van der Waals surface area (Å²) in [5.74, 6) is -1.83. The number of nitrogens with zero attached hydrogens (tertiary/aromatic N) is 4. The number of nitrogens with one attached hydrogen (secondary N) is 2. The summed E-state index contributed by atoms with van der Waals surface area (Å²) in [7, 11) is 0. The maximum absolute atomic E-state index is 14.3. The number of carbonyl (C=O) groups excluding carboxylic acids is 4. The largest absolute Gasteiger partial charge is 0.433 e. The van der Waals surface area contributed by atoms with Gasteiger partial charge in [0.25, 0.3) is 0 Å². The number of Topliss-reactive ketones (excluding diaryl/α,β-unsaturated/α-hetero) is 1. The lowest BCUT2D eigenvalue weighted by Crippen LogP contribution is -2.47. The van der Waals surface area contributed by atoms with Crippen LogP contribution in [0.4, 0.5) is 19.0 Å². The summed E-state index contributed by atoms with van der Waals surface area (Å²) in [6.07, 6.45) is 3.50. The third-order valence-electron chi connectivity index (χ3n) is 9.47. The van der Waals surface area contributed by atoms with Gasteiger partial charge in [-0.1, -0.05) is 29.9 Å². The van der Waals surface area contributed by atoms with E-state index in [0.29, 0.717) is 48.6 Å². The molecular formula is C38H43F3N6O4. The molecule has 1 aliphatic carbocycles. The fraction of sp³-hybridized carbons (Fsp3) is 0.421. The first-order chi connectivity index (χ1) is 24.1. The number of ketones is 1. The predicted molar refractivity (Wildman–Crippen MR) is 189 cm³/mol. The summed E-state index contributed by atoms with van der Waals surface area (Å²) in [5, 5.41) is 10.7. The molecule has 13 heteroatoms. The van der Waals surface area contributed by atoms with Crippen molar-refractivity contribution in [2.24, 2.45) is 5.41 Å². The molecule has 3 atom stereocenters. The first-order valence-corrected chi connectivity index (χ1v) is 16.9. The van der Waals surface area contributed by atoms with E-state index >= 15 is 0 Å². The molecule has 5 rings (SSSR count). The number of amides is 3. The van der Waals surface area contributed by atoms with Crippen LogP contribution in [-0.4, -0.2) is 61.8 Å². The number of carbonyl (C=O) groups is 4. The average Bonchev–Trinajstić information content (AvgIpc) is 3.46. The van der Waals surface area contributed by atoms with Crippen LogP contribution in [0.5, 0.6) is 0 Å². The maximum atomic E-state index is 14.3. The lowest BCUT2D eigenvalue weighted by Gasteiger charge is -2.27. The average molecular weight is 705 g/mol. The van der Waals surface area contributed by atoms with Gasteiger partial charge in [0.15, 0.2) is 5.78 Å². The first-order valence-electron chi connectivity index (χ1n) is 16.9. The summed E-state index contributed by atoms with van der Waals surface area (Å²) in [6.45, 7) is 14.3. The Morgan fingerprint density at radius 2 is 1.82 bits per heavy atom. The Bertz CT molecular complexity index is 1940. The van der Waals surface area contributed by atoms with Gasteiger partial charge in [0.1, 0.15) is 29.8 Å². The third-order valence-corrected chi connectivity index (χ3v) is 9.47. The van der Waals surface area contributed by atoms with Crippen LogP contribution in [0.25, 0.3) is 17.0 Å². The molecule has 270 valence electrons. The fourth-order valence-electron chi connectivity index (χ4n) is 6.99. The Hall–Kier alpha value is -5.07. The molecule has 1 saturated heterocycles. The second-order valence-electron chi connectivity index (χ2n) is 13.8. The minimum atomic E-state index is -4.72. The van der Waals surface area contributed by atoms with Crippen LogP contribution >= 0.6 is 0 Å². The number of allylic oxidation sites excluding steroid dienone is 3. The van der Waals surface area contributed by atoms with Gasteiger partial charge in [-0.05, 0) is 87.8 Å². The van der Waals surface area contributed by atoms with E-state index < -0.39 is 41.2 Å². The third kappa shape index (κ3) is 7.97. The first kappa shape index (κ1) is 37.2. The van der Waals surface area contributed by atoms with Crippen molar-refractivity contribution in [3.05, 3.63) is 83.2 Å². The van der Waals surface area contributed by atoms with Crippen molar-refractivity contribution in [1.82, 2.24) is 25.0 Å². The number of unbranched alkanes of at least 4 members (excludes halogenated alkanes) is 1. The highest BCUT2D eigenvalue weighted by molar-refractivity contribution is 6.06. The Kier molecular flexibility index (Phi) is 10.7. The van der Waals surface area contributed by atoms with Crippen LogP contribution < -0.4 is 10.6 Å². The predicted octanol–water partition coefficient (Wildman–Crippen LogP) is 6.58. The summed E-state index contributed by atoms with van der Waals surface area (Å²) in [5.41, 5.74) is 2.11. The van der Waals surface area contributed by atoms with Crippen LogP contribution in [0.3, 0.4) is 0 Å². The molecular weight excluding hydrogens is 661 g/mol. The van der Waals surface area contributed by atoms with Crippen LogP contribution in [0.1, 0.15) is 85.7 Å². The molecule has 0 unspecified atom stereocenters. The zero-order valence-electron chi connectivity index (χ0n) is 29.3. The highest BCUT2D eigenvalue weighted by Crippen LogP contribution is 2.59. The second-order valence-corrected chi connectivity index (χ2v) is 13.8. The molecule has 0 bridgehead atoms. The smallest absolute Gasteiger partial charge is 0.355 e. The van der Waals surface area contributed by atoms with Crippen LogP contribution in [-0.2, 0) is 33.5 Å². The second kappa shape index (κ2) is 14.7. The Morgan fingerprint density at radius 1 is 1.08 bits per heavy atom. The van der Waals surface area contributed by atoms with Gasteiger partial charge in [-0.3, -0.25) is 23.9 Å². The van der Waals surface area contributed by atoms with E-state index in [2.05, 4.69) is 33.9 Å².